The fraction of sp³-hybridized carbons (Fsp3) is 0.417. The van der Waals surface area contributed by atoms with Crippen molar-refractivity contribution in [3.05, 3.63) is 33.8 Å². The molecular formula is C12H15BrN2O. The van der Waals surface area contributed by atoms with Gasteiger partial charge in [0.1, 0.15) is 0 Å². The van der Waals surface area contributed by atoms with Gasteiger partial charge in [-0.05, 0) is 30.5 Å². The number of hydrogen-bond acceptors (Lipinski definition) is 2. The van der Waals surface area contributed by atoms with E-state index in [1.54, 1.807) is 6.92 Å². The van der Waals surface area contributed by atoms with Gasteiger partial charge in [0.2, 0.25) is 5.91 Å². The second-order valence-corrected chi connectivity index (χ2v) is 5.03. The lowest BCUT2D eigenvalue weighted by molar-refractivity contribution is -0.133. The van der Waals surface area contributed by atoms with Crippen LogP contribution in [0, 0.1) is 0 Å². The molecule has 1 atom stereocenters. The van der Waals surface area contributed by atoms with Crippen LogP contribution in [0.15, 0.2) is 22.7 Å². The zero-order chi connectivity index (χ0) is 11.7. The summed E-state index contributed by atoms with van der Waals surface area (Å²) in [6.07, 6.45) is 0.910. The van der Waals surface area contributed by atoms with Crippen LogP contribution in [0.25, 0.3) is 0 Å². The third-order valence-electron chi connectivity index (χ3n) is 2.92. The SMILES string of the molecule is C[C@H](N)C(=O)N1CCc2cccc(Br)c2C1. The van der Waals surface area contributed by atoms with Crippen molar-refractivity contribution in [2.75, 3.05) is 6.54 Å². The van der Waals surface area contributed by atoms with E-state index in [1.807, 2.05) is 17.0 Å². The van der Waals surface area contributed by atoms with Gasteiger partial charge in [0, 0.05) is 17.6 Å². The third-order valence-corrected chi connectivity index (χ3v) is 3.66. The van der Waals surface area contributed by atoms with Crippen LogP contribution in [0.5, 0.6) is 0 Å². The number of halogens is 1. The van der Waals surface area contributed by atoms with Gasteiger partial charge in [0.15, 0.2) is 0 Å². The molecule has 1 amide bonds. The first-order valence-electron chi connectivity index (χ1n) is 5.40. The number of benzene rings is 1. The molecule has 3 nitrogen and oxygen atoms in total. The first-order chi connectivity index (χ1) is 7.59. The van der Waals surface area contributed by atoms with Crippen molar-refractivity contribution in [3.8, 4) is 0 Å². The minimum atomic E-state index is -0.413. The molecule has 1 aromatic carbocycles. The Labute approximate surface area is 104 Å². The van der Waals surface area contributed by atoms with Gasteiger partial charge < -0.3 is 10.6 Å². The molecule has 0 spiro atoms. The van der Waals surface area contributed by atoms with Crippen molar-refractivity contribution >= 4 is 21.8 Å². The number of rotatable bonds is 1. The Morgan fingerprint density at radius 3 is 3.00 bits per heavy atom. The van der Waals surface area contributed by atoms with E-state index in [0.717, 1.165) is 17.4 Å². The summed E-state index contributed by atoms with van der Waals surface area (Å²) in [6, 6.07) is 5.75. The number of amides is 1. The summed E-state index contributed by atoms with van der Waals surface area (Å²) < 4.78 is 1.08. The molecule has 0 saturated heterocycles. The Hall–Kier alpha value is -0.870. The minimum absolute atomic E-state index is 0.0291. The smallest absolute Gasteiger partial charge is 0.239 e. The lowest BCUT2D eigenvalue weighted by Crippen LogP contribution is -2.44. The Balaban J connectivity index is 2.23. The number of carbonyl (C=O) groups is 1. The molecule has 0 saturated carbocycles. The zero-order valence-electron chi connectivity index (χ0n) is 9.24. The molecule has 0 aromatic heterocycles. The van der Waals surface area contributed by atoms with Gasteiger partial charge in [-0.25, -0.2) is 0 Å². The lowest BCUT2D eigenvalue weighted by atomic mass is 9.99. The standard InChI is InChI=1S/C12H15BrN2O/c1-8(14)12(16)15-6-5-9-3-2-4-11(13)10(9)7-15/h2-4,8H,5-7,14H2,1H3/t8-/m0/s1. The molecule has 2 N–H and O–H groups in total. The van der Waals surface area contributed by atoms with Crippen LogP contribution in [-0.2, 0) is 17.8 Å². The van der Waals surface area contributed by atoms with E-state index < -0.39 is 6.04 Å². The van der Waals surface area contributed by atoms with E-state index in [1.165, 1.54) is 11.1 Å². The normalized spacial score (nSPS) is 16.8. The van der Waals surface area contributed by atoms with Crippen LogP contribution < -0.4 is 5.73 Å². The summed E-state index contributed by atoms with van der Waals surface area (Å²) in [7, 11) is 0. The molecule has 0 fully saturated rings. The molecule has 1 aliphatic heterocycles. The first-order valence-corrected chi connectivity index (χ1v) is 6.19. The summed E-state index contributed by atoms with van der Waals surface area (Å²) >= 11 is 3.53. The Morgan fingerprint density at radius 2 is 2.31 bits per heavy atom. The second kappa shape index (κ2) is 4.55. The van der Waals surface area contributed by atoms with Crippen LogP contribution in [0.3, 0.4) is 0 Å². The number of fused-ring (bicyclic) bond motifs is 1. The monoisotopic (exact) mass is 282 g/mol. The summed E-state index contributed by atoms with van der Waals surface area (Å²) in [5.74, 6) is 0.0291. The fourth-order valence-electron chi connectivity index (χ4n) is 2.02. The highest BCUT2D eigenvalue weighted by molar-refractivity contribution is 9.10. The van der Waals surface area contributed by atoms with Gasteiger partial charge in [-0.15, -0.1) is 0 Å². The summed E-state index contributed by atoms with van der Waals surface area (Å²) in [5.41, 5.74) is 8.16. The molecule has 2 rings (SSSR count). The van der Waals surface area contributed by atoms with E-state index in [4.69, 9.17) is 5.73 Å². The molecule has 0 radical (unpaired) electrons. The van der Waals surface area contributed by atoms with Crippen LogP contribution in [-0.4, -0.2) is 23.4 Å². The van der Waals surface area contributed by atoms with Crippen molar-refractivity contribution < 1.29 is 4.79 Å². The van der Waals surface area contributed by atoms with Crippen LogP contribution in [0.2, 0.25) is 0 Å². The molecule has 1 aromatic rings. The largest absolute Gasteiger partial charge is 0.337 e. The minimum Gasteiger partial charge on any atom is -0.337 e. The molecule has 4 heteroatoms. The van der Waals surface area contributed by atoms with Gasteiger partial charge in [0.05, 0.1) is 6.04 Å². The van der Waals surface area contributed by atoms with Gasteiger partial charge >= 0.3 is 0 Å². The number of nitrogens with zero attached hydrogens (tertiary/aromatic N) is 1. The van der Waals surface area contributed by atoms with E-state index in [0.29, 0.717) is 6.54 Å². The van der Waals surface area contributed by atoms with Gasteiger partial charge in [-0.3, -0.25) is 4.79 Å². The van der Waals surface area contributed by atoms with E-state index in [9.17, 15) is 4.79 Å². The Kier molecular flexibility index (Phi) is 3.30. The molecular weight excluding hydrogens is 268 g/mol. The predicted molar refractivity (Wildman–Crippen MR) is 66.9 cm³/mol. The van der Waals surface area contributed by atoms with Gasteiger partial charge in [-0.2, -0.15) is 0 Å². The summed E-state index contributed by atoms with van der Waals surface area (Å²) in [4.78, 5) is 13.6. The molecule has 0 unspecified atom stereocenters. The van der Waals surface area contributed by atoms with Crippen molar-refractivity contribution in [1.82, 2.24) is 4.90 Å². The predicted octanol–water partition coefficient (Wildman–Crippen LogP) is 1.68. The zero-order valence-corrected chi connectivity index (χ0v) is 10.8. The Morgan fingerprint density at radius 1 is 1.56 bits per heavy atom. The highest BCUT2D eigenvalue weighted by atomic mass is 79.9. The first kappa shape index (κ1) is 11.6. The Bertz CT molecular complexity index is 417. The van der Waals surface area contributed by atoms with E-state index in [2.05, 4.69) is 22.0 Å². The summed E-state index contributed by atoms with van der Waals surface area (Å²) in [5, 5.41) is 0. The topological polar surface area (TPSA) is 46.3 Å². The highest BCUT2D eigenvalue weighted by Gasteiger charge is 2.23. The average molecular weight is 283 g/mol. The molecule has 1 heterocycles. The number of nitrogens with two attached hydrogens (primary N) is 1. The quantitative estimate of drug-likeness (QED) is 0.852. The highest BCUT2D eigenvalue weighted by Crippen LogP contribution is 2.26. The van der Waals surface area contributed by atoms with Crippen LogP contribution in [0.1, 0.15) is 18.1 Å². The van der Waals surface area contributed by atoms with Crippen molar-refractivity contribution in [2.45, 2.75) is 25.9 Å². The summed E-state index contributed by atoms with van der Waals surface area (Å²) in [6.45, 7) is 3.17. The molecule has 0 bridgehead atoms. The second-order valence-electron chi connectivity index (χ2n) is 4.18. The van der Waals surface area contributed by atoms with Crippen molar-refractivity contribution in [2.24, 2.45) is 5.73 Å². The maximum absolute atomic E-state index is 11.8. The molecule has 16 heavy (non-hydrogen) atoms. The molecule has 1 aliphatic rings. The average Bonchev–Trinajstić information content (AvgIpc) is 2.28. The van der Waals surface area contributed by atoms with Crippen molar-refractivity contribution in [3.63, 3.8) is 0 Å². The number of hydrogen-bond donors (Lipinski definition) is 1. The fourth-order valence-corrected chi connectivity index (χ4v) is 2.55. The van der Waals surface area contributed by atoms with E-state index >= 15 is 0 Å². The van der Waals surface area contributed by atoms with Crippen LogP contribution >= 0.6 is 15.9 Å². The number of carbonyl (C=O) groups excluding carboxylic acids is 1. The molecule has 86 valence electrons. The maximum Gasteiger partial charge on any atom is 0.239 e. The van der Waals surface area contributed by atoms with Gasteiger partial charge in [0.25, 0.3) is 0 Å². The maximum atomic E-state index is 11.8. The van der Waals surface area contributed by atoms with Crippen LogP contribution in [0.4, 0.5) is 0 Å². The molecule has 0 aliphatic carbocycles. The van der Waals surface area contributed by atoms with E-state index in [-0.39, 0.29) is 5.91 Å². The van der Waals surface area contributed by atoms with Crippen molar-refractivity contribution in [1.29, 1.82) is 0 Å². The van der Waals surface area contributed by atoms with Gasteiger partial charge in [-0.1, -0.05) is 28.1 Å². The lowest BCUT2D eigenvalue weighted by Gasteiger charge is -2.30. The third kappa shape index (κ3) is 2.13.